The van der Waals surface area contributed by atoms with Gasteiger partial charge in [0.15, 0.2) is 0 Å². The third-order valence-corrected chi connectivity index (χ3v) is 4.09. The highest BCUT2D eigenvalue weighted by Crippen LogP contribution is 2.20. The normalized spacial score (nSPS) is 18.0. The zero-order valence-electron chi connectivity index (χ0n) is 14.4. The molecule has 1 aliphatic rings. The van der Waals surface area contributed by atoms with Crippen molar-refractivity contribution in [1.82, 2.24) is 15.0 Å². The monoisotopic (exact) mass is 331 g/mol. The van der Waals surface area contributed by atoms with E-state index in [2.05, 4.69) is 22.1 Å². The van der Waals surface area contributed by atoms with E-state index in [-0.39, 0.29) is 0 Å². The van der Waals surface area contributed by atoms with Crippen LogP contribution in [0.2, 0.25) is 0 Å². The van der Waals surface area contributed by atoms with Gasteiger partial charge in [-0.3, -0.25) is 4.90 Å². The van der Waals surface area contributed by atoms with E-state index in [9.17, 15) is 0 Å². The Balaban J connectivity index is 1.56. The number of likely N-dealkylation sites (N-methyl/N-ethyl adjacent to an activating group) is 1. The first-order chi connectivity index (χ1) is 11.7. The highest BCUT2D eigenvalue weighted by atomic mass is 16.5. The van der Waals surface area contributed by atoms with Crippen molar-refractivity contribution in [3.8, 4) is 17.1 Å². The lowest BCUT2D eigenvalue weighted by atomic mass is 10.1. The van der Waals surface area contributed by atoms with E-state index in [1.165, 1.54) is 12.8 Å². The molecule has 0 N–H and O–H groups in total. The van der Waals surface area contributed by atoms with Gasteiger partial charge in [-0.25, -0.2) is 0 Å². The summed E-state index contributed by atoms with van der Waals surface area (Å²) in [4.78, 5) is 6.66. The number of benzene rings is 1. The zero-order valence-corrected chi connectivity index (χ0v) is 14.4. The van der Waals surface area contributed by atoms with Crippen LogP contribution in [-0.2, 0) is 11.3 Å². The second-order valence-electron chi connectivity index (χ2n) is 6.15. The predicted octanol–water partition coefficient (Wildman–Crippen LogP) is 3.14. The summed E-state index contributed by atoms with van der Waals surface area (Å²) in [6.07, 6.45) is 3.87. The van der Waals surface area contributed by atoms with E-state index in [0.29, 0.717) is 31.0 Å². The van der Waals surface area contributed by atoms with Gasteiger partial charge in [-0.2, -0.15) is 4.98 Å². The second kappa shape index (κ2) is 8.26. The van der Waals surface area contributed by atoms with Crippen LogP contribution in [0, 0.1) is 0 Å². The molecule has 0 saturated carbocycles. The van der Waals surface area contributed by atoms with Crippen molar-refractivity contribution in [3.63, 3.8) is 0 Å². The van der Waals surface area contributed by atoms with Gasteiger partial charge >= 0.3 is 0 Å². The van der Waals surface area contributed by atoms with Gasteiger partial charge in [0, 0.05) is 18.7 Å². The molecule has 0 radical (unpaired) electrons. The fourth-order valence-corrected chi connectivity index (χ4v) is 2.90. The van der Waals surface area contributed by atoms with Gasteiger partial charge in [0.2, 0.25) is 11.7 Å². The van der Waals surface area contributed by atoms with Crippen LogP contribution in [0.15, 0.2) is 28.8 Å². The van der Waals surface area contributed by atoms with Gasteiger partial charge in [-0.1, -0.05) is 5.16 Å². The summed E-state index contributed by atoms with van der Waals surface area (Å²) in [5.41, 5.74) is 0.923. The molecule has 3 rings (SSSR count). The van der Waals surface area contributed by atoms with Gasteiger partial charge in [0.1, 0.15) is 5.75 Å². The molecule has 24 heavy (non-hydrogen) atoms. The first kappa shape index (κ1) is 16.9. The molecule has 2 aromatic rings. The molecule has 0 aliphatic carbocycles. The van der Waals surface area contributed by atoms with Crippen molar-refractivity contribution >= 4 is 0 Å². The zero-order chi connectivity index (χ0) is 16.8. The summed E-state index contributed by atoms with van der Waals surface area (Å²) in [5, 5.41) is 4.08. The van der Waals surface area contributed by atoms with E-state index in [4.69, 9.17) is 14.0 Å². The maximum atomic E-state index is 5.77. The van der Waals surface area contributed by atoms with Crippen molar-refractivity contribution in [1.29, 1.82) is 0 Å². The number of ether oxygens (including phenoxy) is 2. The van der Waals surface area contributed by atoms with Crippen LogP contribution in [0.3, 0.4) is 0 Å². The highest BCUT2D eigenvalue weighted by Gasteiger charge is 2.17. The van der Waals surface area contributed by atoms with Crippen molar-refractivity contribution in [2.75, 3.05) is 26.8 Å². The Kier molecular flexibility index (Phi) is 5.82. The molecule has 0 bridgehead atoms. The molecule has 130 valence electrons. The van der Waals surface area contributed by atoms with Crippen molar-refractivity contribution < 1.29 is 14.0 Å². The van der Waals surface area contributed by atoms with Crippen LogP contribution in [0.1, 0.15) is 32.1 Å². The molecule has 1 aromatic carbocycles. The fraction of sp³-hybridized carbons (Fsp3) is 0.556. The van der Waals surface area contributed by atoms with Crippen molar-refractivity contribution in [3.05, 3.63) is 30.2 Å². The molecule has 6 nitrogen and oxygen atoms in total. The van der Waals surface area contributed by atoms with Crippen molar-refractivity contribution in [2.45, 2.75) is 38.8 Å². The maximum Gasteiger partial charge on any atom is 0.241 e. The molecule has 0 spiro atoms. The number of rotatable bonds is 7. The number of hydrogen-bond donors (Lipinski definition) is 0. The minimum atomic E-state index is 0.317. The number of hydrogen-bond acceptors (Lipinski definition) is 6. The summed E-state index contributed by atoms with van der Waals surface area (Å²) < 4.78 is 16.6. The standard InChI is InChI=1S/C18H25N3O3/c1-3-22-15-9-7-14(8-10-15)18-19-17(24-20-18)13-21(2)12-16-6-4-5-11-23-16/h7-10,16H,3-6,11-13H2,1-2H3. The lowest BCUT2D eigenvalue weighted by Crippen LogP contribution is -2.33. The SMILES string of the molecule is CCOc1ccc(-c2noc(CN(C)CC3CCCCO3)n2)cc1. The van der Waals surface area contributed by atoms with Crippen molar-refractivity contribution in [2.24, 2.45) is 0 Å². The molecular formula is C18H25N3O3. The smallest absolute Gasteiger partial charge is 0.241 e. The molecule has 6 heteroatoms. The average Bonchev–Trinajstić information content (AvgIpc) is 3.05. The number of aromatic nitrogens is 2. The molecule has 2 heterocycles. The van der Waals surface area contributed by atoms with Crippen LogP contribution in [0.4, 0.5) is 0 Å². The predicted molar refractivity (Wildman–Crippen MR) is 90.8 cm³/mol. The molecule has 1 saturated heterocycles. The second-order valence-corrected chi connectivity index (χ2v) is 6.15. The maximum absolute atomic E-state index is 5.77. The van der Waals surface area contributed by atoms with Gasteiger partial charge in [0.25, 0.3) is 0 Å². The Morgan fingerprint density at radius 3 is 2.79 bits per heavy atom. The van der Waals surface area contributed by atoms with Crippen LogP contribution in [-0.4, -0.2) is 48.0 Å². The molecule has 1 fully saturated rings. The molecule has 1 aliphatic heterocycles. The molecule has 0 amide bonds. The van der Waals surface area contributed by atoms with Crippen LogP contribution >= 0.6 is 0 Å². The lowest BCUT2D eigenvalue weighted by Gasteiger charge is -2.26. The minimum Gasteiger partial charge on any atom is -0.494 e. The van der Waals surface area contributed by atoms with E-state index < -0.39 is 0 Å². The quantitative estimate of drug-likeness (QED) is 0.777. The fourth-order valence-electron chi connectivity index (χ4n) is 2.90. The lowest BCUT2D eigenvalue weighted by molar-refractivity contribution is -0.00382. The van der Waals surface area contributed by atoms with Crippen LogP contribution < -0.4 is 4.74 Å². The van der Waals surface area contributed by atoms with E-state index >= 15 is 0 Å². The van der Waals surface area contributed by atoms with Gasteiger partial charge in [-0.05, 0) is 57.5 Å². The molecule has 1 atom stereocenters. The molecule has 1 unspecified atom stereocenters. The Labute approximate surface area is 142 Å². The van der Waals surface area contributed by atoms with Gasteiger partial charge < -0.3 is 14.0 Å². The summed E-state index contributed by atoms with van der Waals surface area (Å²) in [7, 11) is 2.05. The first-order valence-corrected chi connectivity index (χ1v) is 8.60. The summed E-state index contributed by atoms with van der Waals surface area (Å²) in [5.74, 6) is 2.07. The van der Waals surface area contributed by atoms with Gasteiger partial charge in [0.05, 0.1) is 19.3 Å². The Morgan fingerprint density at radius 1 is 1.25 bits per heavy atom. The topological polar surface area (TPSA) is 60.6 Å². The average molecular weight is 331 g/mol. The van der Waals surface area contributed by atoms with E-state index in [1.54, 1.807) is 0 Å². The van der Waals surface area contributed by atoms with Gasteiger partial charge in [-0.15, -0.1) is 0 Å². The summed E-state index contributed by atoms with van der Waals surface area (Å²) in [6.45, 7) is 5.02. The summed E-state index contributed by atoms with van der Waals surface area (Å²) >= 11 is 0. The molecule has 1 aromatic heterocycles. The largest absolute Gasteiger partial charge is 0.494 e. The third kappa shape index (κ3) is 4.55. The Morgan fingerprint density at radius 2 is 2.08 bits per heavy atom. The number of nitrogens with zero attached hydrogens (tertiary/aromatic N) is 3. The van der Waals surface area contributed by atoms with Crippen LogP contribution in [0.5, 0.6) is 5.75 Å². The molecular weight excluding hydrogens is 306 g/mol. The first-order valence-electron chi connectivity index (χ1n) is 8.60. The summed E-state index contributed by atoms with van der Waals surface area (Å²) in [6, 6.07) is 7.72. The Bertz CT molecular complexity index is 621. The minimum absolute atomic E-state index is 0.317. The Hall–Kier alpha value is -1.92. The van der Waals surface area contributed by atoms with Crippen LogP contribution in [0.25, 0.3) is 11.4 Å². The van der Waals surface area contributed by atoms with E-state index in [0.717, 1.165) is 30.9 Å². The van der Waals surface area contributed by atoms with E-state index in [1.807, 2.05) is 31.2 Å². The highest BCUT2D eigenvalue weighted by molar-refractivity contribution is 5.55. The third-order valence-electron chi connectivity index (χ3n) is 4.09.